The molecule has 120 valence electrons. The van der Waals surface area contributed by atoms with Crippen LogP contribution in [0.25, 0.3) is 0 Å². The predicted molar refractivity (Wildman–Crippen MR) is 79.3 cm³/mol. The number of halogens is 1. The van der Waals surface area contributed by atoms with Gasteiger partial charge in [-0.3, -0.25) is 14.6 Å². The molecule has 0 bridgehead atoms. The normalized spacial score (nSPS) is 21.2. The number of ketones is 1. The van der Waals surface area contributed by atoms with E-state index in [0.717, 1.165) is 26.2 Å². The largest absolute Gasteiger partial charge is 0.379 e. The van der Waals surface area contributed by atoms with Gasteiger partial charge in [0.15, 0.2) is 5.78 Å². The van der Waals surface area contributed by atoms with Gasteiger partial charge in [-0.05, 0) is 24.3 Å². The van der Waals surface area contributed by atoms with E-state index in [4.69, 9.17) is 9.47 Å². The summed E-state index contributed by atoms with van der Waals surface area (Å²) in [5.41, 5.74) is 0.546. The Hall–Kier alpha value is -1.34. The third kappa shape index (κ3) is 3.52. The molecule has 6 heteroatoms. The summed E-state index contributed by atoms with van der Waals surface area (Å²) < 4.78 is 23.9. The zero-order valence-electron chi connectivity index (χ0n) is 12.5. The first-order valence-corrected chi connectivity index (χ1v) is 7.69. The van der Waals surface area contributed by atoms with Crippen LogP contribution in [-0.2, 0) is 9.47 Å². The van der Waals surface area contributed by atoms with Crippen LogP contribution in [0.4, 0.5) is 4.39 Å². The van der Waals surface area contributed by atoms with Crippen molar-refractivity contribution in [3.8, 4) is 0 Å². The average Bonchev–Trinajstić information content (AvgIpc) is 2.57. The highest BCUT2D eigenvalue weighted by atomic mass is 19.1. The Balaban J connectivity index is 1.82. The van der Waals surface area contributed by atoms with Crippen molar-refractivity contribution < 1.29 is 18.7 Å². The second-order valence-electron chi connectivity index (χ2n) is 5.54. The number of rotatable bonds is 4. The Labute approximate surface area is 129 Å². The lowest BCUT2D eigenvalue weighted by atomic mass is 10.1. The molecule has 1 aromatic rings. The number of hydrogen-bond donors (Lipinski definition) is 0. The lowest BCUT2D eigenvalue weighted by Gasteiger charge is -2.41. The van der Waals surface area contributed by atoms with Crippen LogP contribution in [0.3, 0.4) is 0 Å². The van der Waals surface area contributed by atoms with Crippen LogP contribution in [0.1, 0.15) is 10.4 Å². The number of morpholine rings is 2. The van der Waals surface area contributed by atoms with Crippen molar-refractivity contribution in [2.75, 3.05) is 52.6 Å². The van der Waals surface area contributed by atoms with Crippen LogP contribution >= 0.6 is 0 Å². The van der Waals surface area contributed by atoms with E-state index in [0.29, 0.717) is 32.0 Å². The third-order valence-corrected chi connectivity index (χ3v) is 4.15. The molecule has 2 fully saturated rings. The Kier molecular flexibility index (Phi) is 5.15. The minimum Gasteiger partial charge on any atom is -0.379 e. The fraction of sp³-hybridized carbons (Fsp3) is 0.562. The number of hydrogen-bond acceptors (Lipinski definition) is 5. The maximum atomic E-state index is 13.1. The molecule has 22 heavy (non-hydrogen) atoms. The molecule has 5 nitrogen and oxygen atoms in total. The topological polar surface area (TPSA) is 42.0 Å². The molecular weight excluding hydrogens is 287 g/mol. The van der Waals surface area contributed by atoms with Crippen LogP contribution in [-0.4, -0.2) is 74.4 Å². The summed E-state index contributed by atoms with van der Waals surface area (Å²) in [7, 11) is 0. The van der Waals surface area contributed by atoms with Gasteiger partial charge in [-0.25, -0.2) is 4.39 Å². The number of ether oxygens (including phenoxy) is 2. The standard InChI is InChI=1S/C16H21FN2O3/c17-14-3-1-13(2-4-14)15(20)16(18-5-9-21-10-6-18)19-7-11-22-12-8-19/h1-4,16H,5-12H2. The maximum Gasteiger partial charge on any atom is 0.194 e. The second-order valence-corrected chi connectivity index (χ2v) is 5.54. The quantitative estimate of drug-likeness (QED) is 0.776. The highest BCUT2D eigenvalue weighted by Gasteiger charge is 2.34. The molecule has 0 amide bonds. The van der Waals surface area contributed by atoms with Gasteiger partial charge < -0.3 is 9.47 Å². The van der Waals surface area contributed by atoms with Gasteiger partial charge in [0.25, 0.3) is 0 Å². The molecule has 0 unspecified atom stereocenters. The molecule has 2 aliphatic rings. The molecular formula is C16H21FN2O3. The lowest BCUT2D eigenvalue weighted by molar-refractivity contribution is -0.0537. The Morgan fingerprint density at radius 3 is 1.82 bits per heavy atom. The summed E-state index contributed by atoms with van der Waals surface area (Å²) in [5, 5.41) is 0. The molecule has 0 saturated carbocycles. The summed E-state index contributed by atoms with van der Waals surface area (Å²) in [6, 6.07) is 5.79. The first-order valence-electron chi connectivity index (χ1n) is 7.69. The van der Waals surface area contributed by atoms with E-state index < -0.39 is 0 Å². The monoisotopic (exact) mass is 308 g/mol. The minimum absolute atomic E-state index is 0.0174. The fourth-order valence-corrected chi connectivity index (χ4v) is 2.97. The molecule has 0 atom stereocenters. The molecule has 1 aromatic carbocycles. The van der Waals surface area contributed by atoms with Crippen molar-refractivity contribution in [2.24, 2.45) is 0 Å². The molecule has 0 aliphatic carbocycles. The third-order valence-electron chi connectivity index (χ3n) is 4.15. The van der Waals surface area contributed by atoms with E-state index >= 15 is 0 Å². The van der Waals surface area contributed by atoms with E-state index in [1.807, 2.05) is 0 Å². The van der Waals surface area contributed by atoms with Crippen LogP contribution in [0, 0.1) is 5.82 Å². The zero-order valence-corrected chi connectivity index (χ0v) is 12.5. The van der Waals surface area contributed by atoms with Crippen molar-refractivity contribution in [3.63, 3.8) is 0 Å². The molecule has 2 aliphatic heterocycles. The average molecular weight is 308 g/mol. The number of carbonyl (C=O) groups is 1. The predicted octanol–water partition coefficient (Wildman–Crippen LogP) is 0.999. The number of benzene rings is 1. The smallest absolute Gasteiger partial charge is 0.194 e. The maximum absolute atomic E-state index is 13.1. The van der Waals surface area contributed by atoms with Crippen molar-refractivity contribution in [3.05, 3.63) is 35.6 Å². The number of carbonyl (C=O) groups excluding carboxylic acids is 1. The summed E-state index contributed by atoms with van der Waals surface area (Å²) in [6.45, 7) is 5.47. The summed E-state index contributed by atoms with van der Waals surface area (Å²) in [5.74, 6) is -0.311. The molecule has 0 radical (unpaired) electrons. The fourth-order valence-electron chi connectivity index (χ4n) is 2.97. The Morgan fingerprint density at radius 1 is 0.909 bits per heavy atom. The van der Waals surface area contributed by atoms with Gasteiger partial charge in [-0.15, -0.1) is 0 Å². The van der Waals surface area contributed by atoms with Gasteiger partial charge in [0, 0.05) is 31.7 Å². The lowest BCUT2D eigenvalue weighted by Crippen LogP contribution is -2.58. The summed E-state index contributed by atoms with van der Waals surface area (Å²) in [6.07, 6.45) is -0.321. The van der Waals surface area contributed by atoms with Gasteiger partial charge in [0.05, 0.1) is 26.4 Å². The second kappa shape index (κ2) is 7.28. The van der Waals surface area contributed by atoms with Crippen molar-refractivity contribution >= 4 is 5.78 Å². The van der Waals surface area contributed by atoms with E-state index in [1.54, 1.807) is 12.1 Å². The van der Waals surface area contributed by atoms with Crippen molar-refractivity contribution in [1.29, 1.82) is 0 Å². The van der Waals surface area contributed by atoms with Crippen molar-refractivity contribution in [1.82, 2.24) is 9.80 Å². The van der Waals surface area contributed by atoms with Gasteiger partial charge in [0.2, 0.25) is 0 Å². The summed E-state index contributed by atoms with van der Waals surface area (Å²) in [4.78, 5) is 17.3. The number of nitrogens with zero attached hydrogens (tertiary/aromatic N) is 2. The highest BCUT2D eigenvalue weighted by molar-refractivity contribution is 5.99. The number of Topliss-reactive ketones (excluding diaryl/α,β-unsaturated/α-hetero) is 1. The Bertz CT molecular complexity index is 479. The van der Waals surface area contributed by atoms with Gasteiger partial charge in [-0.2, -0.15) is 0 Å². The van der Waals surface area contributed by atoms with Crippen LogP contribution in [0.2, 0.25) is 0 Å². The SMILES string of the molecule is O=C(c1ccc(F)cc1)C(N1CCOCC1)N1CCOCC1. The van der Waals surface area contributed by atoms with E-state index in [1.165, 1.54) is 12.1 Å². The van der Waals surface area contributed by atoms with Crippen LogP contribution < -0.4 is 0 Å². The van der Waals surface area contributed by atoms with Crippen molar-refractivity contribution in [2.45, 2.75) is 6.17 Å². The first-order chi connectivity index (χ1) is 10.8. The van der Waals surface area contributed by atoms with E-state index in [2.05, 4.69) is 9.80 Å². The molecule has 0 aromatic heterocycles. The Morgan fingerprint density at radius 2 is 1.36 bits per heavy atom. The minimum atomic E-state index is -0.328. The van der Waals surface area contributed by atoms with E-state index in [9.17, 15) is 9.18 Å². The molecule has 2 heterocycles. The van der Waals surface area contributed by atoms with Crippen LogP contribution in [0.5, 0.6) is 0 Å². The summed E-state index contributed by atoms with van der Waals surface area (Å²) >= 11 is 0. The molecule has 3 rings (SSSR count). The molecule has 2 saturated heterocycles. The first kappa shape index (κ1) is 15.6. The highest BCUT2D eigenvalue weighted by Crippen LogP contribution is 2.17. The van der Waals surface area contributed by atoms with Crippen LogP contribution in [0.15, 0.2) is 24.3 Å². The molecule has 0 spiro atoms. The zero-order chi connectivity index (χ0) is 15.4. The van der Waals surface area contributed by atoms with Gasteiger partial charge >= 0.3 is 0 Å². The molecule has 0 N–H and O–H groups in total. The van der Waals surface area contributed by atoms with E-state index in [-0.39, 0.29) is 17.8 Å². The van der Waals surface area contributed by atoms with Gasteiger partial charge in [-0.1, -0.05) is 0 Å². The van der Waals surface area contributed by atoms with Gasteiger partial charge in [0.1, 0.15) is 12.0 Å².